The number of hydrogen-bond acceptors (Lipinski definition) is 7. The summed E-state index contributed by atoms with van der Waals surface area (Å²) in [5.74, 6) is -0.901. The van der Waals surface area contributed by atoms with Crippen LogP contribution in [0.4, 0.5) is 16.5 Å². The molecule has 3 aromatic carbocycles. The van der Waals surface area contributed by atoms with Crippen LogP contribution in [0.25, 0.3) is 11.3 Å². The summed E-state index contributed by atoms with van der Waals surface area (Å²) in [6.07, 6.45) is 0. The van der Waals surface area contributed by atoms with Crippen LogP contribution in [0, 0.1) is 0 Å². The van der Waals surface area contributed by atoms with Crippen LogP contribution >= 0.6 is 22.9 Å². The van der Waals surface area contributed by atoms with Gasteiger partial charge in [-0.2, -0.15) is 0 Å². The first-order chi connectivity index (χ1) is 18.4. The van der Waals surface area contributed by atoms with Crippen molar-refractivity contribution in [2.24, 2.45) is 0 Å². The molecule has 1 aliphatic heterocycles. The third-order valence-corrected chi connectivity index (χ3v) is 6.75. The third-order valence-electron chi connectivity index (χ3n) is 5.64. The van der Waals surface area contributed by atoms with Crippen molar-refractivity contribution < 1.29 is 19.1 Å². The number of nitrogens with one attached hydrogen (secondary N) is 2. The molecule has 3 amide bonds. The van der Waals surface area contributed by atoms with Gasteiger partial charge < -0.3 is 10.1 Å². The maximum absolute atomic E-state index is 13.0. The zero-order valence-corrected chi connectivity index (χ0v) is 21.7. The summed E-state index contributed by atoms with van der Waals surface area (Å²) >= 11 is 7.56. The lowest BCUT2D eigenvalue weighted by atomic mass is 10.2. The molecule has 2 heterocycles. The van der Waals surface area contributed by atoms with Crippen LogP contribution in [-0.4, -0.2) is 29.3 Å². The molecule has 0 radical (unpaired) electrons. The third kappa shape index (κ3) is 5.15. The molecular formula is C28H21ClN4O4S. The fourth-order valence-electron chi connectivity index (χ4n) is 3.80. The average molecular weight is 545 g/mol. The highest BCUT2D eigenvalue weighted by molar-refractivity contribution is 7.14. The second-order valence-electron chi connectivity index (χ2n) is 8.12. The van der Waals surface area contributed by atoms with Gasteiger partial charge in [0.1, 0.15) is 16.5 Å². The number of anilines is 3. The van der Waals surface area contributed by atoms with Crippen LogP contribution in [-0.2, 0) is 9.59 Å². The van der Waals surface area contributed by atoms with Gasteiger partial charge in [-0.25, -0.2) is 9.88 Å². The molecule has 0 saturated carbocycles. The van der Waals surface area contributed by atoms with Gasteiger partial charge in [0.2, 0.25) is 0 Å². The Balaban J connectivity index is 1.24. The van der Waals surface area contributed by atoms with E-state index < -0.39 is 11.8 Å². The lowest BCUT2D eigenvalue weighted by molar-refractivity contribution is -0.120. The van der Waals surface area contributed by atoms with E-state index in [4.69, 9.17) is 16.3 Å². The predicted octanol–water partition coefficient (Wildman–Crippen LogP) is 5.90. The first-order valence-electron chi connectivity index (χ1n) is 11.7. The summed E-state index contributed by atoms with van der Waals surface area (Å²) in [6.45, 7) is 2.37. The number of amides is 3. The fraction of sp³-hybridized carbons (Fsp3) is 0.0714. The van der Waals surface area contributed by atoms with Gasteiger partial charge in [-0.05, 0) is 55.5 Å². The number of thiazole rings is 1. The van der Waals surface area contributed by atoms with Gasteiger partial charge in [0.25, 0.3) is 17.7 Å². The van der Waals surface area contributed by atoms with E-state index >= 15 is 0 Å². The maximum Gasteiger partial charge on any atom is 0.283 e. The number of benzene rings is 3. The highest BCUT2D eigenvalue weighted by atomic mass is 35.5. The second-order valence-corrected chi connectivity index (χ2v) is 9.36. The average Bonchev–Trinajstić information content (AvgIpc) is 3.49. The first-order valence-corrected chi connectivity index (χ1v) is 12.9. The molecule has 0 fully saturated rings. The summed E-state index contributed by atoms with van der Waals surface area (Å²) in [6, 6.07) is 22.7. The van der Waals surface area contributed by atoms with Crippen LogP contribution in [0.3, 0.4) is 0 Å². The first kappa shape index (κ1) is 25.2. The Morgan fingerprint density at radius 1 is 0.974 bits per heavy atom. The molecule has 5 rings (SSSR count). The van der Waals surface area contributed by atoms with Crippen molar-refractivity contribution in [2.45, 2.75) is 6.92 Å². The molecule has 2 N–H and O–H groups in total. The van der Waals surface area contributed by atoms with Crippen molar-refractivity contribution in [3.63, 3.8) is 0 Å². The van der Waals surface area contributed by atoms with E-state index in [0.29, 0.717) is 34.4 Å². The van der Waals surface area contributed by atoms with Gasteiger partial charge in [0, 0.05) is 22.2 Å². The summed E-state index contributed by atoms with van der Waals surface area (Å²) in [7, 11) is 0. The van der Waals surface area contributed by atoms with Crippen molar-refractivity contribution in [3.05, 3.63) is 101 Å². The van der Waals surface area contributed by atoms with Crippen LogP contribution in [0.5, 0.6) is 5.75 Å². The summed E-state index contributed by atoms with van der Waals surface area (Å²) in [5, 5.41) is 7.85. The Labute approximate surface area is 227 Å². The highest BCUT2D eigenvalue weighted by Gasteiger charge is 2.39. The standard InChI is InChI=1S/C28H21ClN4O4S/c1-2-37-21-14-12-20(13-15-21)33-26(35)23(29)24(27(33)36)30-19-10-8-18(9-11-19)25(34)32-28-31-22(16-38-28)17-6-4-3-5-7-17/h3-16,30H,2H2,1H3,(H,31,32,34). The van der Waals surface area contributed by atoms with Gasteiger partial charge in [0.15, 0.2) is 5.13 Å². The molecule has 190 valence electrons. The minimum Gasteiger partial charge on any atom is -0.494 e. The van der Waals surface area contributed by atoms with Crippen molar-refractivity contribution in [1.29, 1.82) is 0 Å². The lowest BCUT2D eigenvalue weighted by Crippen LogP contribution is -2.32. The van der Waals surface area contributed by atoms with Gasteiger partial charge in [0.05, 0.1) is 18.0 Å². The largest absolute Gasteiger partial charge is 0.494 e. The normalized spacial score (nSPS) is 13.2. The van der Waals surface area contributed by atoms with Gasteiger partial charge >= 0.3 is 0 Å². The monoisotopic (exact) mass is 544 g/mol. The molecule has 0 saturated heterocycles. The van der Waals surface area contributed by atoms with Crippen LogP contribution in [0.1, 0.15) is 17.3 Å². The van der Waals surface area contributed by atoms with Crippen molar-refractivity contribution in [3.8, 4) is 17.0 Å². The Morgan fingerprint density at radius 2 is 1.68 bits per heavy atom. The maximum atomic E-state index is 13.0. The van der Waals surface area contributed by atoms with Crippen LogP contribution in [0.2, 0.25) is 0 Å². The molecule has 10 heteroatoms. The highest BCUT2D eigenvalue weighted by Crippen LogP contribution is 2.31. The SMILES string of the molecule is CCOc1ccc(N2C(=O)C(Cl)=C(Nc3ccc(C(=O)Nc4nc(-c5ccccc5)cs4)cc3)C2=O)cc1. The van der Waals surface area contributed by atoms with Crippen LogP contribution in [0.15, 0.2) is 95.0 Å². The van der Waals surface area contributed by atoms with Crippen molar-refractivity contribution >= 4 is 57.2 Å². The molecule has 0 bridgehead atoms. The fourth-order valence-corrected chi connectivity index (χ4v) is 4.72. The van der Waals surface area contributed by atoms with E-state index in [1.165, 1.54) is 11.3 Å². The van der Waals surface area contributed by atoms with Crippen molar-refractivity contribution in [1.82, 2.24) is 4.98 Å². The molecular weight excluding hydrogens is 524 g/mol. The molecule has 1 aliphatic rings. The molecule has 1 aromatic heterocycles. The van der Waals surface area contributed by atoms with Gasteiger partial charge in [-0.15, -0.1) is 11.3 Å². The lowest BCUT2D eigenvalue weighted by Gasteiger charge is -2.15. The van der Waals surface area contributed by atoms with E-state index in [0.717, 1.165) is 16.2 Å². The van der Waals surface area contributed by atoms with Crippen molar-refractivity contribution in [2.75, 3.05) is 22.1 Å². The number of ether oxygens (including phenoxy) is 1. The predicted molar refractivity (Wildman–Crippen MR) is 149 cm³/mol. The molecule has 0 spiro atoms. The van der Waals surface area contributed by atoms with E-state index in [-0.39, 0.29) is 16.6 Å². The Hall–Kier alpha value is -4.47. The minimum atomic E-state index is -0.627. The molecule has 4 aromatic rings. The quantitative estimate of drug-likeness (QED) is 0.268. The summed E-state index contributed by atoms with van der Waals surface area (Å²) in [4.78, 5) is 43.9. The molecule has 0 aliphatic carbocycles. The number of nitrogens with zero attached hydrogens (tertiary/aromatic N) is 2. The number of carbonyl (C=O) groups is 3. The molecule has 8 nitrogen and oxygen atoms in total. The molecule has 0 atom stereocenters. The molecule has 0 unspecified atom stereocenters. The van der Waals surface area contributed by atoms with Gasteiger partial charge in [-0.3, -0.25) is 19.7 Å². The summed E-state index contributed by atoms with van der Waals surface area (Å²) in [5.41, 5.74) is 2.98. The Morgan fingerprint density at radius 3 is 2.37 bits per heavy atom. The number of aromatic nitrogens is 1. The summed E-state index contributed by atoms with van der Waals surface area (Å²) < 4.78 is 5.41. The van der Waals surface area contributed by atoms with Crippen LogP contribution < -0.4 is 20.3 Å². The smallest absolute Gasteiger partial charge is 0.283 e. The van der Waals surface area contributed by atoms with E-state index in [9.17, 15) is 14.4 Å². The Kier molecular flexibility index (Phi) is 7.21. The second kappa shape index (κ2) is 10.9. The zero-order valence-electron chi connectivity index (χ0n) is 20.1. The van der Waals surface area contributed by atoms with E-state index in [2.05, 4.69) is 15.6 Å². The van der Waals surface area contributed by atoms with E-state index in [1.807, 2.05) is 42.6 Å². The van der Waals surface area contributed by atoms with E-state index in [1.54, 1.807) is 48.5 Å². The number of imide groups is 1. The topological polar surface area (TPSA) is 101 Å². The number of hydrogen-bond donors (Lipinski definition) is 2. The minimum absolute atomic E-state index is 0.0426. The van der Waals surface area contributed by atoms with Gasteiger partial charge in [-0.1, -0.05) is 41.9 Å². The number of halogens is 1. The number of rotatable bonds is 8. The number of carbonyl (C=O) groups excluding carboxylic acids is 3. The zero-order chi connectivity index (χ0) is 26.6. The Bertz CT molecular complexity index is 1530. The molecule has 38 heavy (non-hydrogen) atoms.